The molecule has 2 rings (SSSR count). The SMILES string of the molecule is CCCCC(NCCN(CC)C1CC1)c1ccc(F)cc1. The maximum absolute atomic E-state index is 13.1. The van der Waals surface area contributed by atoms with E-state index in [4.69, 9.17) is 0 Å². The molecule has 0 amide bonds. The second-order valence-corrected chi connectivity index (χ2v) is 6.06. The Kier molecular flexibility index (Phi) is 6.65. The van der Waals surface area contributed by atoms with Crippen molar-refractivity contribution in [2.75, 3.05) is 19.6 Å². The van der Waals surface area contributed by atoms with E-state index in [-0.39, 0.29) is 5.82 Å². The highest BCUT2D eigenvalue weighted by Crippen LogP contribution is 2.26. The lowest BCUT2D eigenvalue weighted by atomic mass is 10.0. The Balaban J connectivity index is 1.85. The molecule has 21 heavy (non-hydrogen) atoms. The van der Waals surface area contributed by atoms with Crippen LogP contribution in [0.2, 0.25) is 0 Å². The van der Waals surface area contributed by atoms with Gasteiger partial charge in [0.1, 0.15) is 5.82 Å². The van der Waals surface area contributed by atoms with Gasteiger partial charge in [0.25, 0.3) is 0 Å². The van der Waals surface area contributed by atoms with E-state index >= 15 is 0 Å². The summed E-state index contributed by atoms with van der Waals surface area (Å²) in [5, 5.41) is 3.67. The molecular formula is C18H29FN2. The number of unbranched alkanes of at least 4 members (excludes halogenated alkanes) is 1. The van der Waals surface area contributed by atoms with Gasteiger partial charge >= 0.3 is 0 Å². The minimum atomic E-state index is -0.154. The first-order chi connectivity index (χ1) is 10.2. The Morgan fingerprint density at radius 2 is 1.95 bits per heavy atom. The van der Waals surface area contributed by atoms with Crippen molar-refractivity contribution in [3.8, 4) is 0 Å². The van der Waals surface area contributed by atoms with Crippen LogP contribution in [0.15, 0.2) is 24.3 Å². The van der Waals surface area contributed by atoms with Crippen LogP contribution in [-0.2, 0) is 0 Å². The first kappa shape index (κ1) is 16.4. The van der Waals surface area contributed by atoms with Crippen LogP contribution < -0.4 is 5.32 Å². The van der Waals surface area contributed by atoms with Gasteiger partial charge in [0.05, 0.1) is 0 Å². The fourth-order valence-electron chi connectivity index (χ4n) is 2.91. The Bertz CT molecular complexity index is 400. The highest BCUT2D eigenvalue weighted by molar-refractivity contribution is 5.19. The van der Waals surface area contributed by atoms with Gasteiger partial charge in [-0.3, -0.25) is 4.90 Å². The lowest BCUT2D eigenvalue weighted by Gasteiger charge is -2.23. The molecule has 1 atom stereocenters. The van der Waals surface area contributed by atoms with Gasteiger partial charge in [0.15, 0.2) is 0 Å². The predicted octanol–water partition coefficient (Wildman–Crippen LogP) is 4.13. The summed E-state index contributed by atoms with van der Waals surface area (Å²) < 4.78 is 13.1. The van der Waals surface area contributed by atoms with Gasteiger partial charge < -0.3 is 5.32 Å². The summed E-state index contributed by atoms with van der Waals surface area (Å²) in [4.78, 5) is 2.56. The number of halogens is 1. The topological polar surface area (TPSA) is 15.3 Å². The molecule has 0 spiro atoms. The van der Waals surface area contributed by atoms with Crippen LogP contribution in [0, 0.1) is 5.82 Å². The van der Waals surface area contributed by atoms with E-state index in [2.05, 4.69) is 24.1 Å². The molecule has 1 aromatic carbocycles. The smallest absolute Gasteiger partial charge is 0.123 e. The third-order valence-electron chi connectivity index (χ3n) is 4.38. The molecule has 0 aromatic heterocycles. The molecule has 0 saturated heterocycles. The third kappa shape index (κ3) is 5.40. The van der Waals surface area contributed by atoms with Crippen LogP contribution >= 0.6 is 0 Å². The molecule has 118 valence electrons. The van der Waals surface area contributed by atoms with Crippen molar-refractivity contribution in [1.82, 2.24) is 10.2 Å². The largest absolute Gasteiger partial charge is 0.309 e. The Morgan fingerprint density at radius 1 is 1.24 bits per heavy atom. The van der Waals surface area contributed by atoms with E-state index in [0.29, 0.717) is 6.04 Å². The Labute approximate surface area is 128 Å². The molecule has 2 nitrogen and oxygen atoms in total. The quantitative estimate of drug-likeness (QED) is 0.697. The molecule has 1 unspecified atom stereocenters. The molecule has 0 radical (unpaired) electrons. The zero-order valence-corrected chi connectivity index (χ0v) is 13.4. The van der Waals surface area contributed by atoms with E-state index in [9.17, 15) is 4.39 Å². The van der Waals surface area contributed by atoms with Gasteiger partial charge in [-0.1, -0.05) is 38.8 Å². The maximum Gasteiger partial charge on any atom is 0.123 e. The normalized spacial score (nSPS) is 16.4. The summed E-state index contributed by atoms with van der Waals surface area (Å²) in [5.74, 6) is -0.154. The molecule has 3 heteroatoms. The Hall–Kier alpha value is -0.930. The minimum Gasteiger partial charge on any atom is -0.309 e. The molecule has 1 N–H and O–H groups in total. The van der Waals surface area contributed by atoms with Crippen molar-refractivity contribution in [3.05, 3.63) is 35.6 Å². The van der Waals surface area contributed by atoms with Crippen molar-refractivity contribution in [1.29, 1.82) is 0 Å². The summed E-state index contributed by atoms with van der Waals surface area (Å²) in [7, 11) is 0. The fourth-order valence-corrected chi connectivity index (χ4v) is 2.91. The van der Waals surface area contributed by atoms with Gasteiger partial charge in [-0.15, -0.1) is 0 Å². The van der Waals surface area contributed by atoms with Crippen LogP contribution in [0.5, 0.6) is 0 Å². The molecular weight excluding hydrogens is 263 g/mol. The standard InChI is InChI=1S/C18H29FN2/c1-3-5-6-18(15-7-9-16(19)10-8-15)20-13-14-21(4-2)17-11-12-17/h7-10,17-18,20H,3-6,11-14H2,1-2H3. The third-order valence-corrected chi connectivity index (χ3v) is 4.38. The first-order valence-electron chi connectivity index (χ1n) is 8.47. The first-order valence-corrected chi connectivity index (χ1v) is 8.47. The van der Waals surface area contributed by atoms with Crippen LogP contribution in [-0.4, -0.2) is 30.6 Å². The summed E-state index contributed by atoms with van der Waals surface area (Å²) in [6.07, 6.45) is 6.26. The summed E-state index contributed by atoms with van der Waals surface area (Å²) in [5.41, 5.74) is 1.21. The van der Waals surface area contributed by atoms with Crippen LogP contribution in [0.1, 0.15) is 57.6 Å². The maximum atomic E-state index is 13.1. The average Bonchev–Trinajstić information content (AvgIpc) is 3.32. The summed E-state index contributed by atoms with van der Waals surface area (Å²) in [6.45, 7) is 7.73. The van der Waals surface area contributed by atoms with E-state index in [1.807, 2.05) is 12.1 Å². The van der Waals surface area contributed by atoms with E-state index in [1.54, 1.807) is 12.1 Å². The zero-order chi connectivity index (χ0) is 15.1. The van der Waals surface area contributed by atoms with Crippen molar-refractivity contribution in [2.45, 2.75) is 58.0 Å². The number of nitrogens with one attached hydrogen (secondary N) is 1. The molecule has 0 bridgehead atoms. The molecule has 1 aromatic rings. The van der Waals surface area contributed by atoms with Gasteiger partial charge in [0, 0.05) is 25.2 Å². The Morgan fingerprint density at radius 3 is 2.52 bits per heavy atom. The van der Waals surface area contributed by atoms with Crippen LogP contribution in [0.25, 0.3) is 0 Å². The van der Waals surface area contributed by atoms with E-state index in [0.717, 1.165) is 32.1 Å². The van der Waals surface area contributed by atoms with Crippen molar-refractivity contribution in [3.63, 3.8) is 0 Å². The molecule has 1 aliphatic rings. The van der Waals surface area contributed by atoms with Gasteiger partial charge in [-0.05, 0) is 43.5 Å². The van der Waals surface area contributed by atoms with Crippen LogP contribution in [0.4, 0.5) is 4.39 Å². The monoisotopic (exact) mass is 292 g/mol. The van der Waals surface area contributed by atoms with Crippen molar-refractivity contribution >= 4 is 0 Å². The van der Waals surface area contributed by atoms with Gasteiger partial charge in [0.2, 0.25) is 0 Å². The van der Waals surface area contributed by atoms with Gasteiger partial charge in [-0.2, -0.15) is 0 Å². The highest BCUT2D eigenvalue weighted by Gasteiger charge is 2.27. The van der Waals surface area contributed by atoms with Gasteiger partial charge in [-0.25, -0.2) is 4.39 Å². The van der Waals surface area contributed by atoms with Crippen molar-refractivity contribution < 1.29 is 4.39 Å². The van der Waals surface area contributed by atoms with Crippen molar-refractivity contribution in [2.24, 2.45) is 0 Å². The number of likely N-dealkylation sites (N-methyl/N-ethyl adjacent to an activating group) is 1. The lowest BCUT2D eigenvalue weighted by Crippen LogP contribution is -2.35. The lowest BCUT2D eigenvalue weighted by molar-refractivity contribution is 0.270. The molecule has 0 aliphatic heterocycles. The van der Waals surface area contributed by atoms with E-state index in [1.165, 1.54) is 31.2 Å². The number of benzene rings is 1. The second kappa shape index (κ2) is 8.50. The number of hydrogen-bond acceptors (Lipinski definition) is 2. The molecule has 1 saturated carbocycles. The van der Waals surface area contributed by atoms with Crippen LogP contribution in [0.3, 0.4) is 0 Å². The number of hydrogen-bond donors (Lipinski definition) is 1. The predicted molar refractivity (Wildman–Crippen MR) is 86.9 cm³/mol. The fraction of sp³-hybridized carbons (Fsp3) is 0.667. The summed E-state index contributed by atoms with van der Waals surface area (Å²) >= 11 is 0. The molecule has 1 fully saturated rings. The number of rotatable bonds is 10. The summed E-state index contributed by atoms with van der Waals surface area (Å²) in [6, 6.07) is 8.15. The number of nitrogens with zero attached hydrogens (tertiary/aromatic N) is 1. The molecule has 1 aliphatic carbocycles. The van der Waals surface area contributed by atoms with E-state index < -0.39 is 0 Å². The highest BCUT2D eigenvalue weighted by atomic mass is 19.1. The average molecular weight is 292 g/mol. The zero-order valence-electron chi connectivity index (χ0n) is 13.4. The minimum absolute atomic E-state index is 0.154. The molecule has 0 heterocycles. The second-order valence-electron chi connectivity index (χ2n) is 6.06.